The number of aromatic nitrogens is 1. The Morgan fingerprint density at radius 3 is 2.69 bits per heavy atom. The van der Waals surface area contributed by atoms with Gasteiger partial charge in [-0.15, -0.1) is 0 Å². The van der Waals surface area contributed by atoms with Crippen LogP contribution in [0, 0.1) is 6.92 Å². The minimum atomic E-state index is 0.219. The molecule has 16 heavy (non-hydrogen) atoms. The molecule has 0 saturated carbocycles. The topological polar surface area (TPSA) is 71.2 Å². The number of nitrogen functional groups attached to an aromatic ring is 1. The molecule has 0 radical (unpaired) electrons. The predicted molar refractivity (Wildman–Crippen MR) is 64.8 cm³/mol. The molecule has 82 valence electrons. The van der Waals surface area contributed by atoms with Gasteiger partial charge in [-0.05, 0) is 36.8 Å². The van der Waals surface area contributed by atoms with E-state index >= 15 is 0 Å². The van der Waals surface area contributed by atoms with Crippen molar-refractivity contribution in [2.24, 2.45) is 0 Å². The van der Waals surface area contributed by atoms with Crippen molar-refractivity contribution in [1.82, 2.24) is 4.98 Å². The lowest BCUT2D eigenvalue weighted by atomic mass is 10.2. The first-order chi connectivity index (χ1) is 7.65. The Morgan fingerprint density at radius 1 is 1.25 bits per heavy atom. The maximum atomic E-state index is 9.70. The van der Waals surface area contributed by atoms with Crippen molar-refractivity contribution < 1.29 is 5.11 Å². The number of benzene rings is 1. The van der Waals surface area contributed by atoms with Gasteiger partial charge in [0.1, 0.15) is 11.6 Å². The molecule has 0 atom stereocenters. The molecule has 0 aliphatic rings. The highest BCUT2D eigenvalue weighted by molar-refractivity contribution is 5.66. The van der Waals surface area contributed by atoms with Crippen LogP contribution in [0.25, 0.3) is 0 Å². The first kappa shape index (κ1) is 10.3. The summed E-state index contributed by atoms with van der Waals surface area (Å²) in [5.41, 5.74) is 7.93. The lowest BCUT2D eigenvalue weighted by Gasteiger charge is -2.08. The molecule has 4 nitrogen and oxygen atoms in total. The van der Waals surface area contributed by atoms with Gasteiger partial charge in [-0.2, -0.15) is 0 Å². The van der Waals surface area contributed by atoms with Gasteiger partial charge in [-0.25, -0.2) is 4.98 Å². The first-order valence-corrected chi connectivity index (χ1v) is 4.93. The molecule has 0 spiro atoms. The summed E-state index contributed by atoms with van der Waals surface area (Å²) in [6.45, 7) is 1.92. The van der Waals surface area contributed by atoms with Crippen LogP contribution in [0.1, 0.15) is 5.56 Å². The predicted octanol–water partition coefficient (Wildman–Crippen LogP) is 2.42. The van der Waals surface area contributed by atoms with E-state index in [9.17, 15) is 5.11 Å². The molecule has 4 N–H and O–H groups in total. The van der Waals surface area contributed by atoms with E-state index in [4.69, 9.17) is 5.73 Å². The van der Waals surface area contributed by atoms with Gasteiger partial charge in [0.15, 0.2) is 0 Å². The largest absolute Gasteiger partial charge is 0.506 e. The molecule has 0 aliphatic heterocycles. The second-order valence-electron chi connectivity index (χ2n) is 3.62. The molecule has 2 aromatic rings. The number of phenols is 1. The summed E-state index contributed by atoms with van der Waals surface area (Å²) in [5.74, 6) is 0.690. The number of nitrogens with zero attached hydrogens (tertiary/aromatic N) is 1. The average molecular weight is 215 g/mol. The van der Waals surface area contributed by atoms with Crippen molar-refractivity contribution in [3.8, 4) is 5.75 Å². The van der Waals surface area contributed by atoms with Crippen molar-refractivity contribution >= 4 is 17.2 Å². The minimum Gasteiger partial charge on any atom is -0.506 e. The van der Waals surface area contributed by atoms with Gasteiger partial charge in [-0.3, -0.25) is 0 Å². The van der Waals surface area contributed by atoms with E-state index < -0.39 is 0 Å². The van der Waals surface area contributed by atoms with E-state index in [0.29, 0.717) is 11.5 Å². The average Bonchev–Trinajstić information content (AvgIpc) is 2.25. The Kier molecular flexibility index (Phi) is 2.64. The van der Waals surface area contributed by atoms with E-state index in [1.54, 1.807) is 18.3 Å². The normalized spacial score (nSPS) is 10.1. The number of nitrogens with one attached hydrogen (secondary N) is 1. The van der Waals surface area contributed by atoms with Gasteiger partial charge in [0.05, 0.1) is 17.6 Å². The van der Waals surface area contributed by atoms with E-state index in [0.717, 1.165) is 11.3 Å². The first-order valence-electron chi connectivity index (χ1n) is 4.93. The SMILES string of the molecule is Cc1ccc(Nc2ccc(N)nc2)c(O)c1. The third-order valence-electron chi connectivity index (χ3n) is 2.22. The molecular weight excluding hydrogens is 202 g/mol. The van der Waals surface area contributed by atoms with Crippen molar-refractivity contribution in [2.45, 2.75) is 6.92 Å². The van der Waals surface area contributed by atoms with Gasteiger partial charge >= 0.3 is 0 Å². The summed E-state index contributed by atoms with van der Waals surface area (Å²) in [5, 5.41) is 12.8. The van der Waals surface area contributed by atoms with Crippen molar-refractivity contribution in [1.29, 1.82) is 0 Å². The maximum Gasteiger partial charge on any atom is 0.139 e. The van der Waals surface area contributed by atoms with E-state index in [1.165, 1.54) is 0 Å². The Labute approximate surface area is 93.8 Å². The summed E-state index contributed by atoms with van der Waals surface area (Å²) in [7, 11) is 0. The number of anilines is 3. The summed E-state index contributed by atoms with van der Waals surface area (Å²) in [6.07, 6.45) is 1.62. The van der Waals surface area contributed by atoms with Crippen molar-refractivity contribution in [3.63, 3.8) is 0 Å². The minimum absolute atomic E-state index is 0.219. The quantitative estimate of drug-likeness (QED) is 0.673. The third-order valence-corrected chi connectivity index (χ3v) is 2.22. The van der Waals surface area contributed by atoms with Crippen LogP contribution in [0.4, 0.5) is 17.2 Å². The van der Waals surface area contributed by atoms with Gasteiger partial charge < -0.3 is 16.2 Å². The van der Waals surface area contributed by atoms with Crippen LogP contribution in [0.3, 0.4) is 0 Å². The highest BCUT2D eigenvalue weighted by Crippen LogP contribution is 2.27. The third kappa shape index (κ3) is 2.23. The lowest BCUT2D eigenvalue weighted by Crippen LogP contribution is -1.94. The monoisotopic (exact) mass is 215 g/mol. The molecule has 4 heteroatoms. The molecule has 0 bridgehead atoms. The number of aryl methyl sites for hydroxylation is 1. The highest BCUT2D eigenvalue weighted by atomic mass is 16.3. The second kappa shape index (κ2) is 4.10. The standard InChI is InChI=1S/C12H13N3O/c1-8-2-4-10(11(16)6-8)15-9-3-5-12(13)14-7-9/h2-7,15-16H,1H3,(H2,13,14). The van der Waals surface area contributed by atoms with Gasteiger partial charge in [-0.1, -0.05) is 6.07 Å². The van der Waals surface area contributed by atoms with Gasteiger partial charge in [0, 0.05) is 0 Å². The van der Waals surface area contributed by atoms with Crippen molar-refractivity contribution in [3.05, 3.63) is 42.1 Å². The molecule has 0 amide bonds. The number of phenolic OH excluding ortho intramolecular Hbond substituents is 1. The summed E-state index contributed by atoms with van der Waals surface area (Å²) in [6, 6.07) is 8.95. The van der Waals surface area contributed by atoms with Crippen LogP contribution in [0.2, 0.25) is 0 Å². The molecule has 0 unspecified atom stereocenters. The second-order valence-corrected chi connectivity index (χ2v) is 3.62. The molecule has 1 heterocycles. The molecular formula is C12H13N3O. The zero-order chi connectivity index (χ0) is 11.5. The number of nitrogens with two attached hydrogens (primary N) is 1. The van der Waals surface area contributed by atoms with Gasteiger partial charge in [0.2, 0.25) is 0 Å². The van der Waals surface area contributed by atoms with Crippen LogP contribution < -0.4 is 11.1 Å². The number of hydrogen-bond acceptors (Lipinski definition) is 4. The zero-order valence-electron chi connectivity index (χ0n) is 8.94. The maximum absolute atomic E-state index is 9.70. The molecule has 0 saturated heterocycles. The molecule has 2 rings (SSSR count). The smallest absolute Gasteiger partial charge is 0.139 e. The molecule has 0 fully saturated rings. The fourth-order valence-corrected chi connectivity index (χ4v) is 1.38. The van der Waals surface area contributed by atoms with Crippen LogP contribution >= 0.6 is 0 Å². The Bertz CT molecular complexity index is 494. The van der Waals surface area contributed by atoms with Crippen LogP contribution in [0.5, 0.6) is 5.75 Å². The fourth-order valence-electron chi connectivity index (χ4n) is 1.38. The zero-order valence-corrected chi connectivity index (χ0v) is 8.94. The molecule has 1 aromatic carbocycles. The highest BCUT2D eigenvalue weighted by Gasteiger charge is 2.01. The Morgan fingerprint density at radius 2 is 2.06 bits per heavy atom. The fraction of sp³-hybridized carbons (Fsp3) is 0.0833. The Hall–Kier alpha value is -2.23. The molecule has 1 aromatic heterocycles. The van der Waals surface area contributed by atoms with E-state index in [1.807, 2.05) is 25.1 Å². The van der Waals surface area contributed by atoms with Crippen LogP contribution in [-0.4, -0.2) is 10.1 Å². The summed E-state index contributed by atoms with van der Waals surface area (Å²) < 4.78 is 0. The molecule has 0 aliphatic carbocycles. The van der Waals surface area contributed by atoms with E-state index in [2.05, 4.69) is 10.3 Å². The summed E-state index contributed by atoms with van der Waals surface area (Å²) in [4.78, 5) is 3.96. The van der Waals surface area contributed by atoms with Gasteiger partial charge in [0.25, 0.3) is 0 Å². The number of aromatic hydroxyl groups is 1. The Balaban J connectivity index is 2.23. The lowest BCUT2D eigenvalue weighted by molar-refractivity contribution is 0.477. The number of rotatable bonds is 2. The van der Waals surface area contributed by atoms with Crippen LogP contribution in [-0.2, 0) is 0 Å². The van der Waals surface area contributed by atoms with Crippen molar-refractivity contribution in [2.75, 3.05) is 11.1 Å². The summed E-state index contributed by atoms with van der Waals surface area (Å²) >= 11 is 0. The number of pyridine rings is 1. The number of hydrogen-bond donors (Lipinski definition) is 3. The van der Waals surface area contributed by atoms with Crippen LogP contribution in [0.15, 0.2) is 36.5 Å². The van der Waals surface area contributed by atoms with E-state index in [-0.39, 0.29) is 5.75 Å².